The van der Waals surface area contributed by atoms with Crippen LogP contribution in [0.1, 0.15) is 16.9 Å². The second-order valence-corrected chi connectivity index (χ2v) is 6.30. The summed E-state index contributed by atoms with van der Waals surface area (Å²) < 4.78 is 38.5. The van der Waals surface area contributed by atoms with Crippen LogP contribution in [0.2, 0.25) is 0 Å². The molecule has 1 amide bonds. The first-order valence-electron chi connectivity index (χ1n) is 8.70. The number of carbonyl (C=O) groups is 2. The van der Waals surface area contributed by atoms with E-state index in [4.69, 9.17) is 14.6 Å². The summed E-state index contributed by atoms with van der Waals surface area (Å²) in [5.74, 6) is -2.20. The van der Waals surface area contributed by atoms with E-state index in [1.807, 2.05) is 38.3 Å². The molecule has 0 radical (unpaired) electrons. The molecule has 0 aliphatic heterocycles. The van der Waals surface area contributed by atoms with E-state index in [-0.39, 0.29) is 5.91 Å². The lowest BCUT2D eigenvalue weighted by Gasteiger charge is -2.09. The molecule has 0 spiro atoms. The van der Waals surface area contributed by atoms with Crippen LogP contribution in [-0.2, 0) is 16.6 Å². The molecule has 166 valence electrons. The van der Waals surface area contributed by atoms with Crippen molar-refractivity contribution in [1.29, 1.82) is 0 Å². The van der Waals surface area contributed by atoms with Gasteiger partial charge in [-0.3, -0.25) is 4.79 Å². The number of carbonyl (C=O) groups excluding carboxylic acids is 1. The van der Waals surface area contributed by atoms with Gasteiger partial charge >= 0.3 is 12.1 Å². The van der Waals surface area contributed by atoms with Crippen molar-refractivity contribution < 1.29 is 32.6 Å². The molecule has 2 N–H and O–H groups in total. The monoisotopic (exact) mass is 431 g/mol. The average Bonchev–Trinajstić information content (AvgIpc) is 3.06. The number of amides is 1. The zero-order valence-corrected chi connectivity index (χ0v) is 17.0. The molecule has 9 nitrogen and oxygen atoms in total. The number of nitrogens with one attached hydrogen (secondary N) is 1. The number of rotatable bonds is 7. The Kier molecular flexibility index (Phi) is 9.24. The first-order chi connectivity index (χ1) is 14.0. The first-order valence-corrected chi connectivity index (χ1v) is 8.70. The van der Waals surface area contributed by atoms with E-state index >= 15 is 0 Å². The molecule has 0 bridgehead atoms. The van der Waals surface area contributed by atoms with Crippen molar-refractivity contribution in [2.75, 3.05) is 39.3 Å². The van der Waals surface area contributed by atoms with Gasteiger partial charge in [0.1, 0.15) is 5.69 Å². The first kappa shape index (κ1) is 24.9. The van der Waals surface area contributed by atoms with Crippen molar-refractivity contribution >= 4 is 17.8 Å². The second-order valence-electron chi connectivity index (χ2n) is 6.30. The highest BCUT2D eigenvalue weighted by molar-refractivity contribution is 5.94. The summed E-state index contributed by atoms with van der Waals surface area (Å²) in [6, 6.07) is 1.85. The molecule has 0 aliphatic rings. The van der Waals surface area contributed by atoms with Crippen LogP contribution in [0.25, 0.3) is 11.1 Å². The number of carboxylic acids is 1. The van der Waals surface area contributed by atoms with E-state index in [1.54, 1.807) is 24.1 Å². The second kappa shape index (κ2) is 11.1. The number of hydrogen-bond donors (Lipinski definition) is 2. The van der Waals surface area contributed by atoms with Gasteiger partial charge < -0.3 is 24.6 Å². The maximum Gasteiger partial charge on any atom is 0.490 e. The molecule has 2 aromatic rings. The van der Waals surface area contributed by atoms with E-state index in [1.165, 1.54) is 0 Å². The van der Waals surface area contributed by atoms with E-state index < -0.39 is 12.1 Å². The molecule has 30 heavy (non-hydrogen) atoms. The lowest BCUT2D eigenvalue weighted by Crippen LogP contribution is -2.26. The van der Waals surface area contributed by atoms with Gasteiger partial charge in [0.05, 0.1) is 0 Å². The number of aromatic nitrogens is 3. The Bertz CT molecular complexity index is 835. The maximum atomic E-state index is 12.2. The third-order valence-electron chi connectivity index (χ3n) is 3.66. The molecular weight excluding hydrogens is 407 g/mol. The summed E-state index contributed by atoms with van der Waals surface area (Å²) in [7, 11) is 7.28. The van der Waals surface area contributed by atoms with Crippen molar-refractivity contribution in [3.8, 4) is 11.1 Å². The molecule has 12 heteroatoms. The highest BCUT2D eigenvalue weighted by Gasteiger charge is 2.38. The van der Waals surface area contributed by atoms with Crippen LogP contribution < -0.4 is 10.2 Å². The number of ether oxygens (including phenoxy) is 1. The normalized spacial score (nSPS) is 10.8. The Hall–Kier alpha value is -3.15. The fraction of sp³-hybridized carbons (Fsp3) is 0.444. The minimum absolute atomic E-state index is 0.0966. The predicted molar refractivity (Wildman–Crippen MR) is 103 cm³/mol. The SMILES string of the molecule is COCCCNC(=O)c1cc(-c2cnc(N(C)C)nc2)cn1C.O=C(O)C(F)(F)F. The predicted octanol–water partition coefficient (Wildman–Crippen LogP) is 1.95. The minimum atomic E-state index is -5.08. The Labute approximate surface area is 171 Å². The lowest BCUT2D eigenvalue weighted by atomic mass is 10.2. The van der Waals surface area contributed by atoms with Gasteiger partial charge in [-0.25, -0.2) is 14.8 Å². The third-order valence-corrected chi connectivity index (χ3v) is 3.66. The Morgan fingerprint density at radius 2 is 1.80 bits per heavy atom. The third kappa shape index (κ3) is 7.70. The average molecular weight is 431 g/mol. The Morgan fingerprint density at radius 3 is 2.27 bits per heavy atom. The van der Waals surface area contributed by atoms with Gasteiger partial charge in [-0.15, -0.1) is 0 Å². The van der Waals surface area contributed by atoms with Crippen molar-refractivity contribution in [2.45, 2.75) is 12.6 Å². The van der Waals surface area contributed by atoms with E-state index in [9.17, 15) is 18.0 Å². The highest BCUT2D eigenvalue weighted by Crippen LogP contribution is 2.21. The lowest BCUT2D eigenvalue weighted by molar-refractivity contribution is -0.192. The molecule has 0 unspecified atom stereocenters. The van der Waals surface area contributed by atoms with E-state index in [0.717, 1.165) is 17.5 Å². The topological polar surface area (TPSA) is 110 Å². The van der Waals surface area contributed by atoms with Gasteiger partial charge in [0, 0.05) is 71.1 Å². The molecule has 2 rings (SSSR count). The van der Waals surface area contributed by atoms with Gasteiger partial charge in [-0.05, 0) is 12.5 Å². The van der Waals surface area contributed by atoms with Crippen molar-refractivity contribution in [2.24, 2.45) is 7.05 Å². The highest BCUT2D eigenvalue weighted by atomic mass is 19.4. The fourth-order valence-corrected chi connectivity index (χ4v) is 2.16. The van der Waals surface area contributed by atoms with Crippen LogP contribution in [0.4, 0.5) is 19.1 Å². The molecule has 2 aromatic heterocycles. The molecule has 2 heterocycles. The Morgan fingerprint density at radius 1 is 1.23 bits per heavy atom. The fourth-order valence-electron chi connectivity index (χ4n) is 2.16. The summed E-state index contributed by atoms with van der Waals surface area (Å²) in [4.78, 5) is 31.5. The van der Waals surface area contributed by atoms with Gasteiger partial charge in [-0.2, -0.15) is 13.2 Å². The summed E-state index contributed by atoms with van der Waals surface area (Å²) in [6.45, 7) is 1.22. The summed E-state index contributed by atoms with van der Waals surface area (Å²) in [6.07, 6.45) is 1.13. The van der Waals surface area contributed by atoms with Gasteiger partial charge in [0.15, 0.2) is 0 Å². The largest absolute Gasteiger partial charge is 0.490 e. The van der Waals surface area contributed by atoms with E-state index in [2.05, 4.69) is 15.3 Å². The van der Waals surface area contributed by atoms with Crippen LogP contribution in [-0.4, -0.2) is 72.1 Å². The molecule has 0 aromatic carbocycles. The summed E-state index contributed by atoms with van der Waals surface area (Å²) in [5.41, 5.74) is 2.40. The van der Waals surface area contributed by atoms with E-state index in [0.29, 0.717) is 24.8 Å². The molecule has 0 saturated carbocycles. The van der Waals surface area contributed by atoms with Gasteiger partial charge in [-0.1, -0.05) is 0 Å². The molecule has 0 fully saturated rings. The van der Waals surface area contributed by atoms with Crippen molar-refractivity contribution in [3.05, 3.63) is 30.4 Å². The molecule has 0 aliphatic carbocycles. The molecular formula is C18H24F3N5O4. The van der Waals surface area contributed by atoms with Crippen molar-refractivity contribution in [1.82, 2.24) is 19.9 Å². The Balaban J connectivity index is 0.000000553. The van der Waals surface area contributed by atoms with Gasteiger partial charge in [0.25, 0.3) is 5.91 Å². The number of methoxy groups -OCH3 is 1. The quantitative estimate of drug-likeness (QED) is 0.645. The summed E-state index contributed by atoms with van der Waals surface area (Å²) >= 11 is 0. The van der Waals surface area contributed by atoms with Crippen LogP contribution in [0.5, 0.6) is 0 Å². The molecule has 0 atom stereocenters. The number of carboxylic acid groups (broad SMARTS) is 1. The van der Waals surface area contributed by atoms with Crippen LogP contribution in [0.15, 0.2) is 24.7 Å². The van der Waals surface area contributed by atoms with Crippen LogP contribution in [0, 0.1) is 0 Å². The number of anilines is 1. The number of hydrogen-bond acceptors (Lipinski definition) is 6. The number of alkyl halides is 3. The maximum absolute atomic E-state index is 12.2. The van der Waals surface area contributed by atoms with Crippen LogP contribution in [0.3, 0.4) is 0 Å². The number of aliphatic carboxylic acids is 1. The standard InChI is InChI=1S/C16H23N5O2.C2HF3O2/c1-20(2)16-18-9-13(10-19-16)12-8-14(21(3)11-12)15(22)17-6-5-7-23-4;3-2(4,5)1(6)7/h8-11H,5-7H2,1-4H3,(H,17,22);(H,6,7). The van der Waals surface area contributed by atoms with Crippen molar-refractivity contribution in [3.63, 3.8) is 0 Å². The number of nitrogens with zero attached hydrogens (tertiary/aromatic N) is 4. The molecule has 0 saturated heterocycles. The smallest absolute Gasteiger partial charge is 0.475 e. The van der Waals surface area contributed by atoms with Gasteiger partial charge in [0.2, 0.25) is 5.95 Å². The van der Waals surface area contributed by atoms with Crippen LogP contribution >= 0.6 is 0 Å². The zero-order valence-electron chi connectivity index (χ0n) is 17.0. The summed E-state index contributed by atoms with van der Waals surface area (Å²) in [5, 5.41) is 10.0. The minimum Gasteiger partial charge on any atom is -0.475 e. The number of aryl methyl sites for hydroxylation is 1. The number of halogens is 3. The zero-order chi connectivity index (χ0) is 22.9.